The number of hydrogen-bond acceptors (Lipinski definition) is 4. The first-order valence-electron chi connectivity index (χ1n) is 17.3. The molecule has 238 valence electrons. The van der Waals surface area contributed by atoms with Crippen LogP contribution in [0.1, 0.15) is 89.2 Å². The zero-order valence-corrected chi connectivity index (χ0v) is 28.2. The first-order chi connectivity index (χ1) is 22.7. The summed E-state index contributed by atoms with van der Waals surface area (Å²) in [5.41, 5.74) is 2.96. The van der Waals surface area contributed by atoms with Gasteiger partial charge in [-0.15, -0.1) is 0 Å². The van der Waals surface area contributed by atoms with Crippen molar-refractivity contribution in [3.63, 3.8) is 0 Å². The van der Waals surface area contributed by atoms with Crippen molar-refractivity contribution in [2.45, 2.75) is 89.6 Å². The molecule has 0 N–H and O–H groups in total. The summed E-state index contributed by atoms with van der Waals surface area (Å²) in [4.78, 5) is 0. The summed E-state index contributed by atoms with van der Waals surface area (Å²) >= 11 is 0. The Balaban J connectivity index is 1.49. The molecule has 0 radical (unpaired) electrons. The van der Waals surface area contributed by atoms with Crippen LogP contribution in [0.4, 0.5) is 0 Å². The van der Waals surface area contributed by atoms with Crippen LogP contribution in [0.25, 0.3) is 43.5 Å². The molecule has 0 spiro atoms. The largest absolute Gasteiger partial charge is 0.496 e. The van der Waals surface area contributed by atoms with Gasteiger partial charge < -0.3 is 13.1 Å². The fourth-order valence-corrected chi connectivity index (χ4v) is 9.37. The van der Waals surface area contributed by atoms with E-state index in [-0.39, 0.29) is 6.04 Å². The average molecular weight is 632 g/mol. The molecule has 1 atom stereocenters. The van der Waals surface area contributed by atoms with E-state index in [2.05, 4.69) is 109 Å². The maximum absolute atomic E-state index is 7.23. The van der Waals surface area contributed by atoms with E-state index in [0.717, 1.165) is 40.5 Å². The van der Waals surface area contributed by atoms with Crippen molar-refractivity contribution >= 4 is 51.6 Å². The van der Waals surface area contributed by atoms with E-state index in [9.17, 15) is 0 Å². The van der Waals surface area contributed by atoms with E-state index >= 15 is 0 Å². The third-order valence-electron chi connectivity index (χ3n) is 10.0. The van der Waals surface area contributed by atoms with Crippen LogP contribution >= 0.6 is 8.16 Å². The number of nitrogens with zero attached hydrogens (tertiary/aromatic N) is 1. The van der Waals surface area contributed by atoms with E-state index in [4.69, 9.17) is 13.1 Å². The van der Waals surface area contributed by atoms with Crippen molar-refractivity contribution < 1.29 is 13.1 Å². The number of methoxy groups -OCH3 is 1. The minimum atomic E-state index is -1.52. The van der Waals surface area contributed by atoms with Gasteiger partial charge in [-0.1, -0.05) is 137 Å². The van der Waals surface area contributed by atoms with Gasteiger partial charge in [0.2, 0.25) is 0 Å². The van der Waals surface area contributed by atoms with E-state index < -0.39 is 8.16 Å². The van der Waals surface area contributed by atoms with Gasteiger partial charge >= 0.3 is 8.16 Å². The molecule has 1 aromatic heterocycles. The topological polar surface area (TPSA) is 38.8 Å². The number of ether oxygens (including phenoxy) is 1. The number of hydrogen-bond donors (Lipinski definition) is 0. The van der Waals surface area contributed by atoms with Crippen LogP contribution < -0.4 is 9.41 Å². The Labute approximate surface area is 273 Å². The Morgan fingerprint density at radius 1 is 0.609 bits per heavy atom. The van der Waals surface area contributed by atoms with Crippen molar-refractivity contribution in [1.29, 1.82) is 0 Å². The predicted molar refractivity (Wildman–Crippen MR) is 196 cm³/mol. The fraction of sp³-hybridized carbons (Fsp3) is 0.366. The standard InChI is InChI=1S/C41H46NO3P/c1-30(34-22-16-17-25-37(34)43-2)42(33-20-10-8-6-4-3-5-7-9-11-21-33)46-44-38-28-26-31-18-12-14-23-35(31)40(38)41-36-24-15-13-19-32(36)27-29-39(41)45-46/h12-19,22-30,33H,3-11,20-21H2,1-2H3/t30-/m0/s1. The SMILES string of the molecule is COc1ccccc1[C@H](C)N(C1CCCCCCCCCCC1)p1oc2ccc3ccccc3c2c2c(ccc3ccccc32)o1. The van der Waals surface area contributed by atoms with Crippen LogP contribution in [0.15, 0.2) is 105 Å². The van der Waals surface area contributed by atoms with Crippen molar-refractivity contribution in [3.05, 3.63) is 103 Å². The van der Waals surface area contributed by atoms with Crippen LogP contribution in [0.2, 0.25) is 0 Å². The van der Waals surface area contributed by atoms with Crippen molar-refractivity contribution in [2.75, 3.05) is 11.8 Å². The lowest BCUT2D eigenvalue weighted by atomic mass is 9.96. The van der Waals surface area contributed by atoms with Crippen LogP contribution in [0.3, 0.4) is 0 Å². The van der Waals surface area contributed by atoms with Crippen molar-refractivity contribution in [2.24, 2.45) is 0 Å². The summed E-state index contributed by atoms with van der Waals surface area (Å²) in [6.45, 7) is 2.32. The maximum Gasteiger partial charge on any atom is 0.310 e. The Morgan fingerprint density at radius 3 is 1.63 bits per heavy atom. The summed E-state index contributed by atoms with van der Waals surface area (Å²) in [7, 11) is 0.257. The summed E-state index contributed by atoms with van der Waals surface area (Å²) in [6.07, 6.45) is 14.1. The molecule has 4 nitrogen and oxygen atoms in total. The Morgan fingerprint density at radius 2 is 1.09 bits per heavy atom. The Bertz CT molecular complexity index is 1870. The first-order valence-corrected chi connectivity index (χ1v) is 18.5. The third kappa shape index (κ3) is 6.31. The second-order valence-corrected chi connectivity index (χ2v) is 14.3. The van der Waals surface area contributed by atoms with Crippen molar-refractivity contribution in [1.82, 2.24) is 0 Å². The monoisotopic (exact) mass is 631 g/mol. The molecule has 5 heteroatoms. The van der Waals surface area contributed by atoms with Gasteiger partial charge in [0.15, 0.2) is 0 Å². The molecule has 46 heavy (non-hydrogen) atoms. The van der Waals surface area contributed by atoms with Crippen LogP contribution in [0.5, 0.6) is 5.75 Å². The lowest BCUT2D eigenvalue weighted by molar-refractivity contribution is 0.396. The molecule has 0 saturated heterocycles. The molecule has 7 rings (SSSR count). The minimum absolute atomic E-state index is 0.0334. The van der Waals surface area contributed by atoms with Gasteiger partial charge in [0.1, 0.15) is 16.9 Å². The summed E-state index contributed by atoms with van der Waals surface area (Å²) in [5, 5.41) is 7.03. The van der Waals surface area contributed by atoms with Crippen molar-refractivity contribution in [3.8, 4) is 5.75 Å². The fourth-order valence-electron chi connectivity index (χ4n) is 7.60. The number of fused-ring (bicyclic) bond motifs is 7. The number of para-hydroxylation sites is 1. The smallest absolute Gasteiger partial charge is 0.310 e. The molecule has 5 aromatic carbocycles. The first kappa shape index (κ1) is 30.9. The molecular formula is C41H46NO3P. The van der Waals surface area contributed by atoms with E-state index in [1.807, 2.05) is 0 Å². The summed E-state index contributed by atoms with van der Waals surface area (Å²) < 4.78 is 23.0. The second kappa shape index (κ2) is 14.4. The third-order valence-corrected chi connectivity index (χ3v) is 11.8. The van der Waals surface area contributed by atoms with E-state index in [0.29, 0.717) is 6.04 Å². The van der Waals surface area contributed by atoms with Gasteiger partial charge in [-0.2, -0.15) is 4.67 Å². The van der Waals surface area contributed by atoms with Gasteiger partial charge in [-0.25, -0.2) is 0 Å². The molecule has 0 amide bonds. The number of rotatable bonds is 5. The van der Waals surface area contributed by atoms with Gasteiger partial charge in [0.05, 0.1) is 7.11 Å². The van der Waals surface area contributed by atoms with Gasteiger partial charge in [0, 0.05) is 28.4 Å². The quantitative estimate of drug-likeness (QED) is 0.190. The van der Waals surface area contributed by atoms with E-state index in [1.54, 1.807) is 7.11 Å². The maximum atomic E-state index is 7.23. The molecule has 0 aliphatic heterocycles. The second-order valence-electron chi connectivity index (χ2n) is 13.0. The number of benzene rings is 5. The van der Waals surface area contributed by atoms with Gasteiger partial charge in [-0.3, -0.25) is 0 Å². The summed E-state index contributed by atoms with van der Waals surface area (Å²) in [5.74, 6) is 0.913. The highest BCUT2D eigenvalue weighted by molar-refractivity contribution is 7.39. The minimum Gasteiger partial charge on any atom is -0.496 e. The average Bonchev–Trinajstić information content (AvgIpc) is 3.26. The van der Waals surface area contributed by atoms with Crippen LogP contribution in [-0.2, 0) is 0 Å². The van der Waals surface area contributed by atoms with Gasteiger partial charge in [0.25, 0.3) is 0 Å². The van der Waals surface area contributed by atoms with Gasteiger partial charge in [-0.05, 0) is 59.5 Å². The highest BCUT2D eigenvalue weighted by Crippen LogP contribution is 2.47. The molecule has 0 unspecified atom stereocenters. The molecule has 1 saturated carbocycles. The van der Waals surface area contributed by atoms with Crippen LogP contribution in [-0.4, -0.2) is 13.2 Å². The molecule has 1 aliphatic carbocycles. The molecule has 1 fully saturated rings. The lowest BCUT2D eigenvalue weighted by Gasteiger charge is -2.34. The normalized spacial score (nSPS) is 16.4. The van der Waals surface area contributed by atoms with Crippen LogP contribution in [0, 0.1) is 0 Å². The highest BCUT2D eigenvalue weighted by atomic mass is 31.1. The molecule has 0 bridgehead atoms. The molecule has 1 aliphatic rings. The Hall–Kier alpha value is -3.72. The highest BCUT2D eigenvalue weighted by Gasteiger charge is 2.32. The molecule has 1 heterocycles. The zero-order valence-electron chi connectivity index (χ0n) is 27.3. The summed E-state index contributed by atoms with van der Waals surface area (Å²) in [6, 6.07) is 34.9. The lowest BCUT2D eigenvalue weighted by Crippen LogP contribution is -2.35. The Kier molecular flexibility index (Phi) is 9.65. The predicted octanol–water partition coefficient (Wildman–Crippen LogP) is 13.0. The molecular weight excluding hydrogens is 585 g/mol. The van der Waals surface area contributed by atoms with E-state index in [1.165, 1.54) is 84.9 Å². The zero-order chi connectivity index (χ0) is 31.3. The molecule has 6 aromatic rings.